The maximum absolute atomic E-state index is 4.43. The topological polar surface area (TPSA) is 16.1 Å². The van der Waals surface area contributed by atoms with Crippen LogP contribution in [0.1, 0.15) is 30.3 Å². The molecule has 1 fully saturated rings. The number of nitrogens with zero attached hydrogens (tertiary/aromatic N) is 2. The molecule has 1 saturated heterocycles. The highest BCUT2D eigenvalue weighted by Crippen LogP contribution is 2.35. The second-order valence-electron chi connectivity index (χ2n) is 5.34. The zero-order valence-electron chi connectivity index (χ0n) is 10.3. The SMILES string of the molecule is Cc1cc(CC2(C)CCN(I)C2)cc(C)n1. The van der Waals surface area contributed by atoms with E-state index in [0.717, 1.165) is 11.4 Å². The van der Waals surface area contributed by atoms with Gasteiger partial charge in [-0.2, -0.15) is 0 Å². The van der Waals surface area contributed by atoms with Gasteiger partial charge in [-0.05, 0) is 49.8 Å². The molecule has 3 heteroatoms. The predicted octanol–water partition coefficient (Wildman–Crippen LogP) is 3.30. The third-order valence-corrected chi connectivity index (χ3v) is 4.11. The smallest absolute Gasteiger partial charge is 0.0378 e. The van der Waals surface area contributed by atoms with Gasteiger partial charge >= 0.3 is 0 Å². The first-order valence-corrected chi connectivity index (χ1v) is 6.78. The zero-order chi connectivity index (χ0) is 11.8. The lowest BCUT2D eigenvalue weighted by Gasteiger charge is -2.23. The highest BCUT2D eigenvalue weighted by molar-refractivity contribution is 14.1. The molecule has 1 atom stereocenters. The lowest BCUT2D eigenvalue weighted by molar-refractivity contribution is 0.349. The number of aryl methyl sites for hydroxylation is 2. The summed E-state index contributed by atoms with van der Waals surface area (Å²) in [7, 11) is 0. The average molecular weight is 330 g/mol. The Hall–Kier alpha value is -0.160. The molecule has 0 radical (unpaired) electrons. The summed E-state index contributed by atoms with van der Waals surface area (Å²) >= 11 is 2.43. The Balaban J connectivity index is 2.14. The van der Waals surface area contributed by atoms with E-state index in [4.69, 9.17) is 0 Å². The molecule has 1 unspecified atom stereocenters. The van der Waals surface area contributed by atoms with E-state index >= 15 is 0 Å². The van der Waals surface area contributed by atoms with E-state index in [1.165, 1.54) is 31.5 Å². The number of pyridine rings is 1. The summed E-state index contributed by atoms with van der Waals surface area (Å²) in [6.07, 6.45) is 2.48. The first kappa shape index (κ1) is 12.3. The van der Waals surface area contributed by atoms with Crippen molar-refractivity contribution in [2.75, 3.05) is 13.1 Å². The Morgan fingerprint density at radius 3 is 2.50 bits per heavy atom. The van der Waals surface area contributed by atoms with Gasteiger partial charge in [-0.1, -0.05) is 6.92 Å². The van der Waals surface area contributed by atoms with Gasteiger partial charge in [0.15, 0.2) is 0 Å². The van der Waals surface area contributed by atoms with Crippen LogP contribution in [0.5, 0.6) is 0 Å². The van der Waals surface area contributed by atoms with Crippen LogP contribution in [-0.2, 0) is 6.42 Å². The first-order valence-electron chi connectivity index (χ1n) is 5.82. The molecule has 0 saturated carbocycles. The van der Waals surface area contributed by atoms with Crippen LogP contribution in [-0.4, -0.2) is 21.2 Å². The van der Waals surface area contributed by atoms with Gasteiger partial charge in [0.25, 0.3) is 0 Å². The van der Waals surface area contributed by atoms with Crippen molar-refractivity contribution in [3.63, 3.8) is 0 Å². The minimum atomic E-state index is 0.446. The molecule has 0 amide bonds. The number of aromatic nitrogens is 1. The normalized spacial score (nSPS) is 26.2. The fraction of sp³-hybridized carbons (Fsp3) is 0.615. The monoisotopic (exact) mass is 330 g/mol. The van der Waals surface area contributed by atoms with E-state index < -0.39 is 0 Å². The maximum Gasteiger partial charge on any atom is 0.0378 e. The molecule has 1 aromatic rings. The lowest BCUT2D eigenvalue weighted by atomic mass is 9.83. The minimum Gasteiger partial charge on any atom is -0.258 e. The first-order chi connectivity index (χ1) is 7.47. The van der Waals surface area contributed by atoms with Crippen molar-refractivity contribution in [2.45, 2.75) is 33.6 Å². The van der Waals surface area contributed by atoms with Gasteiger partial charge < -0.3 is 0 Å². The Kier molecular flexibility index (Phi) is 3.54. The molecule has 0 N–H and O–H groups in total. The van der Waals surface area contributed by atoms with Gasteiger partial charge in [-0.3, -0.25) is 4.98 Å². The minimum absolute atomic E-state index is 0.446. The number of hydrogen-bond acceptors (Lipinski definition) is 2. The van der Waals surface area contributed by atoms with Crippen LogP contribution in [0.15, 0.2) is 12.1 Å². The molecule has 2 heterocycles. The van der Waals surface area contributed by atoms with E-state index in [9.17, 15) is 0 Å². The van der Waals surface area contributed by atoms with Gasteiger partial charge in [-0.15, -0.1) is 0 Å². The number of rotatable bonds is 2. The van der Waals surface area contributed by atoms with Crippen LogP contribution in [0.2, 0.25) is 0 Å². The van der Waals surface area contributed by atoms with Gasteiger partial charge in [-0.25, -0.2) is 3.11 Å². The Morgan fingerprint density at radius 2 is 2.00 bits per heavy atom. The predicted molar refractivity (Wildman–Crippen MR) is 75.7 cm³/mol. The highest BCUT2D eigenvalue weighted by atomic mass is 127. The summed E-state index contributed by atoms with van der Waals surface area (Å²) in [5.41, 5.74) is 4.17. The van der Waals surface area contributed by atoms with E-state index in [2.05, 4.69) is 63.9 Å². The van der Waals surface area contributed by atoms with Crippen LogP contribution >= 0.6 is 22.9 Å². The van der Waals surface area contributed by atoms with Crippen LogP contribution in [0.3, 0.4) is 0 Å². The molecule has 88 valence electrons. The summed E-state index contributed by atoms with van der Waals surface area (Å²) < 4.78 is 2.40. The largest absolute Gasteiger partial charge is 0.258 e. The van der Waals surface area contributed by atoms with Crippen molar-refractivity contribution in [3.8, 4) is 0 Å². The van der Waals surface area contributed by atoms with Crippen molar-refractivity contribution in [2.24, 2.45) is 5.41 Å². The Bertz CT molecular complexity index is 371. The Morgan fingerprint density at radius 1 is 1.38 bits per heavy atom. The fourth-order valence-electron chi connectivity index (χ4n) is 2.62. The van der Waals surface area contributed by atoms with Crippen molar-refractivity contribution in [1.82, 2.24) is 8.10 Å². The second-order valence-corrected chi connectivity index (χ2v) is 6.70. The third-order valence-electron chi connectivity index (χ3n) is 3.28. The summed E-state index contributed by atoms with van der Waals surface area (Å²) in [5, 5.41) is 0. The summed E-state index contributed by atoms with van der Waals surface area (Å²) in [6.45, 7) is 8.99. The standard InChI is InChI=1S/C13H19IN2/c1-10-6-12(7-11(2)15-10)8-13(3)4-5-16(14)9-13/h6-7H,4-5,8-9H2,1-3H3. The molecule has 0 bridgehead atoms. The summed E-state index contributed by atoms with van der Waals surface area (Å²) in [6, 6.07) is 4.46. The fourth-order valence-corrected chi connectivity index (χ4v) is 3.69. The Labute approximate surface area is 112 Å². The van der Waals surface area contributed by atoms with Gasteiger partial charge in [0, 0.05) is 47.3 Å². The van der Waals surface area contributed by atoms with Crippen molar-refractivity contribution in [1.29, 1.82) is 0 Å². The molecular formula is C13H19IN2. The van der Waals surface area contributed by atoms with E-state index in [0.29, 0.717) is 5.41 Å². The molecule has 1 aromatic heterocycles. The number of halogens is 1. The highest BCUT2D eigenvalue weighted by Gasteiger charge is 2.32. The van der Waals surface area contributed by atoms with Crippen molar-refractivity contribution >= 4 is 22.9 Å². The van der Waals surface area contributed by atoms with Crippen LogP contribution in [0.25, 0.3) is 0 Å². The molecule has 1 aliphatic heterocycles. The zero-order valence-corrected chi connectivity index (χ0v) is 12.4. The average Bonchev–Trinajstić information content (AvgIpc) is 2.43. The van der Waals surface area contributed by atoms with E-state index in [1.54, 1.807) is 0 Å². The maximum atomic E-state index is 4.43. The summed E-state index contributed by atoms with van der Waals surface area (Å²) in [5.74, 6) is 0. The van der Waals surface area contributed by atoms with Crippen molar-refractivity contribution in [3.05, 3.63) is 29.1 Å². The number of hydrogen-bond donors (Lipinski definition) is 0. The molecule has 0 aliphatic carbocycles. The van der Waals surface area contributed by atoms with Crippen LogP contribution in [0, 0.1) is 19.3 Å². The second kappa shape index (κ2) is 4.61. The molecule has 1 aliphatic rings. The quantitative estimate of drug-likeness (QED) is 0.611. The molecule has 0 spiro atoms. The molecular weight excluding hydrogens is 311 g/mol. The van der Waals surface area contributed by atoms with E-state index in [1.807, 2.05) is 0 Å². The van der Waals surface area contributed by atoms with E-state index in [-0.39, 0.29) is 0 Å². The molecule has 16 heavy (non-hydrogen) atoms. The summed E-state index contributed by atoms with van der Waals surface area (Å²) in [4.78, 5) is 4.43. The third kappa shape index (κ3) is 2.94. The molecule has 2 nitrogen and oxygen atoms in total. The molecule has 0 aromatic carbocycles. The molecule has 2 rings (SSSR count). The van der Waals surface area contributed by atoms with Gasteiger partial charge in [0.2, 0.25) is 0 Å². The van der Waals surface area contributed by atoms with Gasteiger partial charge in [0.05, 0.1) is 0 Å². The van der Waals surface area contributed by atoms with Crippen LogP contribution in [0.4, 0.5) is 0 Å². The van der Waals surface area contributed by atoms with Gasteiger partial charge in [0.1, 0.15) is 0 Å². The van der Waals surface area contributed by atoms with Crippen molar-refractivity contribution < 1.29 is 0 Å². The van der Waals surface area contributed by atoms with Crippen LogP contribution < -0.4 is 0 Å². The lowest BCUT2D eigenvalue weighted by Crippen LogP contribution is -2.22.